The van der Waals surface area contributed by atoms with E-state index in [1.54, 1.807) is 12.4 Å². The van der Waals surface area contributed by atoms with Crippen molar-refractivity contribution in [2.45, 2.75) is 26.3 Å². The standard InChI is InChI=1S/C17H22N4O2/c1-4-18-16-19-10-15(11-20-16)14-7-5-13(6-8-14)9-12(2)21-17(22)23-3/h5-8,10-12H,4,9H2,1-3H3,(H,21,22)(H,18,19,20). The fraction of sp³-hybridized carbons (Fsp3) is 0.353. The van der Waals surface area contributed by atoms with Gasteiger partial charge in [0, 0.05) is 30.5 Å². The normalized spacial score (nSPS) is 11.6. The Kier molecular flexibility index (Phi) is 5.91. The second kappa shape index (κ2) is 8.12. The van der Waals surface area contributed by atoms with E-state index >= 15 is 0 Å². The maximum Gasteiger partial charge on any atom is 0.407 e. The van der Waals surface area contributed by atoms with Crippen molar-refractivity contribution < 1.29 is 9.53 Å². The van der Waals surface area contributed by atoms with Gasteiger partial charge in [-0.1, -0.05) is 24.3 Å². The predicted octanol–water partition coefficient (Wildman–Crippen LogP) is 2.86. The van der Waals surface area contributed by atoms with Crippen LogP contribution in [0.4, 0.5) is 10.7 Å². The molecule has 122 valence electrons. The number of benzene rings is 1. The highest BCUT2D eigenvalue weighted by Crippen LogP contribution is 2.19. The summed E-state index contributed by atoms with van der Waals surface area (Å²) in [6, 6.07) is 8.17. The van der Waals surface area contributed by atoms with Gasteiger partial charge in [-0.25, -0.2) is 14.8 Å². The Morgan fingerprint density at radius 1 is 1.17 bits per heavy atom. The molecule has 1 aromatic carbocycles. The number of carbonyl (C=O) groups is 1. The average molecular weight is 314 g/mol. The SMILES string of the molecule is CCNc1ncc(-c2ccc(CC(C)NC(=O)OC)cc2)cn1. The third-order valence-corrected chi connectivity index (χ3v) is 3.37. The van der Waals surface area contributed by atoms with E-state index in [-0.39, 0.29) is 6.04 Å². The third-order valence-electron chi connectivity index (χ3n) is 3.37. The van der Waals surface area contributed by atoms with Crippen molar-refractivity contribution in [3.8, 4) is 11.1 Å². The molecule has 2 N–H and O–H groups in total. The van der Waals surface area contributed by atoms with Crippen LogP contribution in [-0.4, -0.2) is 35.8 Å². The van der Waals surface area contributed by atoms with Crippen molar-refractivity contribution in [1.29, 1.82) is 0 Å². The van der Waals surface area contributed by atoms with Crippen molar-refractivity contribution in [3.63, 3.8) is 0 Å². The molecule has 23 heavy (non-hydrogen) atoms. The van der Waals surface area contributed by atoms with E-state index in [0.29, 0.717) is 5.95 Å². The summed E-state index contributed by atoms with van der Waals surface area (Å²) in [4.78, 5) is 19.7. The van der Waals surface area contributed by atoms with Crippen molar-refractivity contribution in [2.24, 2.45) is 0 Å². The number of rotatable bonds is 6. The molecule has 0 aliphatic heterocycles. The van der Waals surface area contributed by atoms with E-state index in [1.807, 2.05) is 38.1 Å². The lowest BCUT2D eigenvalue weighted by atomic mass is 10.0. The summed E-state index contributed by atoms with van der Waals surface area (Å²) < 4.78 is 4.59. The molecule has 0 bridgehead atoms. The Morgan fingerprint density at radius 3 is 2.39 bits per heavy atom. The molecule has 2 rings (SSSR count). The van der Waals surface area contributed by atoms with Crippen LogP contribution in [0.1, 0.15) is 19.4 Å². The van der Waals surface area contributed by atoms with Crippen molar-refractivity contribution in [2.75, 3.05) is 19.0 Å². The number of hydrogen-bond donors (Lipinski definition) is 2. The topological polar surface area (TPSA) is 76.1 Å². The lowest BCUT2D eigenvalue weighted by Gasteiger charge is -2.13. The fourth-order valence-electron chi connectivity index (χ4n) is 2.22. The molecule has 1 amide bonds. The van der Waals surface area contributed by atoms with Crippen LogP contribution in [0, 0.1) is 0 Å². The van der Waals surface area contributed by atoms with Gasteiger partial charge >= 0.3 is 6.09 Å². The van der Waals surface area contributed by atoms with E-state index in [0.717, 1.165) is 29.7 Å². The number of aromatic nitrogens is 2. The minimum atomic E-state index is -0.410. The molecule has 6 heteroatoms. The third kappa shape index (κ3) is 4.95. The molecule has 1 heterocycles. The second-order valence-electron chi connectivity index (χ2n) is 5.26. The fourth-order valence-corrected chi connectivity index (χ4v) is 2.22. The first-order valence-electron chi connectivity index (χ1n) is 7.62. The molecule has 1 aromatic heterocycles. The Hall–Kier alpha value is -2.63. The van der Waals surface area contributed by atoms with Crippen LogP contribution in [0.3, 0.4) is 0 Å². The minimum absolute atomic E-state index is 0.0102. The minimum Gasteiger partial charge on any atom is -0.453 e. The van der Waals surface area contributed by atoms with Crippen molar-refractivity contribution in [3.05, 3.63) is 42.2 Å². The van der Waals surface area contributed by atoms with Gasteiger partial charge in [0.2, 0.25) is 5.95 Å². The number of amides is 1. The van der Waals surface area contributed by atoms with Crippen LogP contribution >= 0.6 is 0 Å². The summed E-state index contributed by atoms with van der Waals surface area (Å²) in [5.74, 6) is 0.635. The molecule has 0 fully saturated rings. The molecule has 0 radical (unpaired) electrons. The van der Waals surface area contributed by atoms with Crippen LogP contribution in [0.25, 0.3) is 11.1 Å². The molecule has 2 aromatic rings. The Labute approximate surface area is 136 Å². The first-order valence-corrected chi connectivity index (χ1v) is 7.62. The van der Waals surface area contributed by atoms with Crippen LogP contribution in [0.2, 0.25) is 0 Å². The number of methoxy groups -OCH3 is 1. The predicted molar refractivity (Wildman–Crippen MR) is 90.3 cm³/mol. The van der Waals surface area contributed by atoms with Gasteiger partial charge in [-0.3, -0.25) is 0 Å². The van der Waals surface area contributed by atoms with Gasteiger partial charge < -0.3 is 15.4 Å². The number of carbonyl (C=O) groups excluding carboxylic acids is 1. The van der Waals surface area contributed by atoms with Gasteiger partial charge in [-0.15, -0.1) is 0 Å². The second-order valence-corrected chi connectivity index (χ2v) is 5.26. The summed E-state index contributed by atoms with van der Waals surface area (Å²) in [6.07, 6.45) is 3.95. The quantitative estimate of drug-likeness (QED) is 0.857. The monoisotopic (exact) mass is 314 g/mol. The highest BCUT2D eigenvalue weighted by molar-refractivity contribution is 5.67. The highest BCUT2D eigenvalue weighted by atomic mass is 16.5. The van der Waals surface area contributed by atoms with Gasteiger partial charge in [0.1, 0.15) is 0 Å². The van der Waals surface area contributed by atoms with Gasteiger partial charge in [-0.05, 0) is 31.4 Å². The molecular formula is C17H22N4O2. The molecule has 0 saturated carbocycles. The zero-order chi connectivity index (χ0) is 16.7. The molecule has 0 saturated heterocycles. The summed E-state index contributed by atoms with van der Waals surface area (Å²) in [7, 11) is 1.36. The maximum atomic E-state index is 11.2. The zero-order valence-corrected chi connectivity index (χ0v) is 13.7. The molecule has 1 atom stereocenters. The average Bonchev–Trinajstić information content (AvgIpc) is 2.56. The van der Waals surface area contributed by atoms with Crippen molar-refractivity contribution in [1.82, 2.24) is 15.3 Å². The Morgan fingerprint density at radius 2 is 1.83 bits per heavy atom. The number of alkyl carbamates (subject to hydrolysis) is 1. The summed E-state index contributed by atoms with van der Waals surface area (Å²) in [5.41, 5.74) is 3.17. The van der Waals surface area contributed by atoms with E-state index in [2.05, 4.69) is 25.3 Å². The first kappa shape index (κ1) is 16.7. The van der Waals surface area contributed by atoms with E-state index in [9.17, 15) is 4.79 Å². The van der Waals surface area contributed by atoms with Crippen LogP contribution in [0.5, 0.6) is 0 Å². The summed E-state index contributed by atoms with van der Waals surface area (Å²) in [6.45, 7) is 4.75. The number of hydrogen-bond acceptors (Lipinski definition) is 5. The summed E-state index contributed by atoms with van der Waals surface area (Å²) in [5, 5.41) is 5.82. The van der Waals surface area contributed by atoms with Crippen LogP contribution in [0.15, 0.2) is 36.7 Å². The molecular weight excluding hydrogens is 292 g/mol. The van der Waals surface area contributed by atoms with E-state index in [1.165, 1.54) is 7.11 Å². The molecule has 0 spiro atoms. The lowest BCUT2D eigenvalue weighted by molar-refractivity contribution is 0.167. The van der Waals surface area contributed by atoms with E-state index in [4.69, 9.17) is 0 Å². The highest BCUT2D eigenvalue weighted by Gasteiger charge is 2.08. The number of nitrogens with one attached hydrogen (secondary N) is 2. The molecule has 0 aliphatic carbocycles. The molecule has 6 nitrogen and oxygen atoms in total. The van der Waals surface area contributed by atoms with Crippen molar-refractivity contribution >= 4 is 12.0 Å². The lowest BCUT2D eigenvalue weighted by Crippen LogP contribution is -2.33. The van der Waals surface area contributed by atoms with Gasteiger partial charge in [0.05, 0.1) is 7.11 Å². The first-order chi connectivity index (χ1) is 11.1. The molecule has 0 aliphatic rings. The maximum absolute atomic E-state index is 11.2. The number of nitrogens with zero attached hydrogens (tertiary/aromatic N) is 2. The number of ether oxygens (including phenoxy) is 1. The largest absolute Gasteiger partial charge is 0.453 e. The number of anilines is 1. The molecule has 1 unspecified atom stereocenters. The zero-order valence-electron chi connectivity index (χ0n) is 13.7. The Balaban J connectivity index is 2.00. The van der Waals surface area contributed by atoms with Crippen LogP contribution < -0.4 is 10.6 Å². The summed E-state index contributed by atoms with van der Waals surface area (Å²) >= 11 is 0. The van der Waals surface area contributed by atoms with Crippen LogP contribution in [-0.2, 0) is 11.2 Å². The van der Waals surface area contributed by atoms with Gasteiger partial charge in [-0.2, -0.15) is 0 Å². The smallest absolute Gasteiger partial charge is 0.407 e. The van der Waals surface area contributed by atoms with Gasteiger partial charge in [0.15, 0.2) is 0 Å². The van der Waals surface area contributed by atoms with Gasteiger partial charge in [0.25, 0.3) is 0 Å². The Bertz CT molecular complexity index is 626. The van der Waals surface area contributed by atoms with E-state index < -0.39 is 6.09 Å².